The number of hydrogen-bond acceptors (Lipinski definition) is 5. The smallest absolute Gasteiger partial charge is 0.294 e. The van der Waals surface area contributed by atoms with Crippen molar-refractivity contribution in [2.24, 2.45) is 5.92 Å². The number of aromatic nitrogens is 2. The van der Waals surface area contributed by atoms with E-state index in [0.29, 0.717) is 23.7 Å². The molecule has 0 unspecified atom stereocenters. The summed E-state index contributed by atoms with van der Waals surface area (Å²) >= 11 is 0. The van der Waals surface area contributed by atoms with Gasteiger partial charge in [-0.25, -0.2) is 0 Å². The quantitative estimate of drug-likeness (QED) is 0.486. The highest BCUT2D eigenvalue weighted by Crippen LogP contribution is 2.22. The molecule has 0 bridgehead atoms. The van der Waals surface area contributed by atoms with Crippen molar-refractivity contribution in [3.05, 3.63) is 28.3 Å². The number of fused-ring (bicyclic) bond motifs is 1. The molecule has 118 valence electrons. The van der Waals surface area contributed by atoms with Gasteiger partial charge < -0.3 is 15.0 Å². The van der Waals surface area contributed by atoms with Gasteiger partial charge in [0, 0.05) is 12.1 Å². The highest BCUT2D eigenvalue weighted by Gasteiger charge is 2.13. The molecule has 1 aromatic heterocycles. The van der Waals surface area contributed by atoms with E-state index in [4.69, 9.17) is 4.74 Å². The molecule has 2 aromatic rings. The van der Waals surface area contributed by atoms with Crippen LogP contribution in [0.4, 0.5) is 5.69 Å². The van der Waals surface area contributed by atoms with Crippen molar-refractivity contribution in [3.8, 4) is 6.01 Å². The van der Waals surface area contributed by atoms with Crippen LogP contribution in [-0.4, -0.2) is 34.6 Å². The molecule has 3 rings (SSSR count). The summed E-state index contributed by atoms with van der Waals surface area (Å²) in [4.78, 5) is 17.6. The van der Waals surface area contributed by atoms with E-state index in [1.165, 1.54) is 25.0 Å². The largest absolute Gasteiger partial charge is 0.465 e. The minimum absolute atomic E-state index is 0.0486. The zero-order valence-electron chi connectivity index (χ0n) is 12.4. The fourth-order valence-electron chi connectivity index (χ4n) is 2.87. The standard InChI is InChI=1S/C15H20N4O3/c20-19(21)12-5-6-13-14(9-12)18-15(17-13)22-8-2-4-11-3-1-7-16-10-11/h5-6,9,11,16H,1-4,7-8,10H2,(H,17,18)/t11-/m1/s1. The number of ether oxygens (including phenoxy) is 1. The third-order valence-electron chi connectivity index (χ3n) is 4.05. The molecule has 0 amide bonds. The maximum atomic E-state index is 10.7. The van der Waals surface area contributed by atoms with Gasteiger partial charge in [0.1, 0.15) is 0 Å². The van der Waals surface area contributed by atoms with Crippen LogP contribution >= 0.6 is 0 Å². The number of nitrogens with zero attached hydrogens (tertiary/aromatic N) is 2. The highest BCUT2D eigenvalue weighted by molar-refractivity contribution is 5.78. The second-order valence-electron chi connectivity index (χ2n) is 5.70. The summed E-state index contributed by atoms with van der Waals surface area (Å²) in [7, 11) is 0. The van der Waals surface area contributed by atoms with Gasteiger partial charge in [-0.1, -0.05) is 0 Å². The van der Waals surface area contributed by atoms with Crippen LogP contribution < -0.4 is 10.1 Å². The van der Waals surface area contributed by atoms with Gasteiger partial charge in [0.15, 0.2) is 0 Å². The van der Waals surface area contributed by atoms with Crippen molar-refractivity contribution in [2.45, 2.75) is 25.7 Å². The predicted molar refractivity (Wildman–Crippen MR) is 83.1 cm³/mol. The first kappa shape index (κ1) is 14.8. The Bertz CT molecular complexity index is 649. The Morgan fingerprint density at radius 1 is 1.45 bits per heavy atom. The molecule has 7 nitrogen and oxygen atoms in total. The monoisotopic (exact) mass is 304 g/mol. The summed E-state index contributed by atoms with van der Waals surface area (Å²) in [6.07, 6.45) is 4.69. The van der Waals surface area contributed by atoms with E-state index in [1.54, 1.807) is 6.07 Å². The zero-order valence-corrected chi connectivity index (χ0v) is 12.4. The Kier molecular flexibility index (Phi) is 4.53. The topological polar surface area (TPSA) is 93.1 Å². The molecule has 1 saturated heterocycles. The van der Waals surface area contributed by atoms with Crippen LogP contribution in [0.15, 0.2) is 18.2 Å². The maximum absolute atomic E-state index is 10.7. The summed E-state index contributed by atoms with van der Waals surface area (Å²) in [5, 5.41) is 14.2. The van der Waals surface area contributed by atoms with Gasteiger partial charge in [0.2, 0.25) is 0 Å². The van der Waals surface area contributed by atoms with E-state index >= 15 is 0 Å². The molecule has 2 N–H and O–H groups in total. The Balaban J connectivity index is 1.52. The molecule has 1 atom stereocenters. The van der Waals surface area contributed by atoms with E-state index in [2.05, 4.69) is 15.3 Å². The number of nitro benzene ring substituents is 1. The lowest BCUT2D eigenvalue weighted by Crippen LogP contribution is -2.29. The minimum atomic E-state index is -0.418. The number of rotatable bonds is 6. The number of nitrogens with one attached hydrogen (secondary N) is 2. The van der Waals surface area contributed by atoms with Crippen LogP contribution in [0.3, 0.4) is 0 Å². The van der Waals surface area contributed by atoms with Gasteiger partial charge in [-0.05, 0) is 50.8 Å². The van der Waals surface area contributed by atoms with E-state index in [-0.39, 0.29) is 5.69 Å². The van der Waals surface area contributed by atoms with Crippen molar-refractivity contribution in [2.75, 3.05) is 19.7 Å². The fraction of sp³-hybridized carbons (Fsp3) is 0.533. The minimum Gasteiger partial charge on any atom is -0.465 e. The molecule has 1 aromatic carbocycles. The van der Waals surface area contributed by atoms with Gasteiger partial charge in [-0.15, -0.1) is 0 Å². The lowest BCUT2D eigenvalue weighted by molar-refractivity contribution is -0.384. The molecule has 1 fully saturated rings. The van der Waals surface area contributed by atoms with Crippen LogP contribution in [0.5, 0.6) is 6.01 Å². The van der Waals surface area contributed by atoms with E-state index in [1.807, 2.05) is 0 Å². The first-order valence-corrected chi connectivity index (χ1v) is 7.70. The summed E-state index contributed by atoms with van der Waals surface area (Å²) in [5.41, 5.74) is 1.35. The fourth-order valence-corrected chi connectivity index (χ4v) is 2.87. The second-order valence-corrected chi connectivity index (χ2v) is 5.70. The van der Waals surface area contributed by atoms with Crippen molar-refractivity contribution in [3.63, 3.8) is 0 Å². The average molecular weight is 304 g/mol. The molecule has 2 heterocycles. The first-order valence-electron chi connectivity index (χ1n) is 7.70. The number of aromatic amines is 1. The number of benzene rings is 1. The van der Waals surface area contributed by atoms with Gasteiger partial charge in [0.25, 0.3) is 11.7 Å². The highest BCUT2D eigenvalue weighted by atomic mass is 16.6. The number of hydrogen-bond donors (Lipinski definition) is 2. The summed E-state index contributed by atoms with van der Waals surface area (Å²) in [5.74, 6) is 0.746. The molecule has 1 aliphatic rings. The van der Waals surface area contributed by atoms with Crippen LogP contribution in [0.1, 0.15) is 25.7 Å². The number of imidazole rings is 1. The SMILES string of the molecule is O=[N+]([O-])c1ccc2nc(OCCC[C@H]3CCCNC3)[nH]c2c1. The third kappa shape index (κ3) is 3.54. The van der Waals surface area contributed by atoms with Crippen LogP contribution in [-0.2, 0) is 0 Å². The van der Waals surface area contributed by atoms with Crippen LogP contribution in [0, 0.1) is 16.0 Å². The molecule has 22 heavy (non-hydrogen) atoms. The maximum Gasteiger partial charge on any atom is 0.294 e. The first-order chi connectivity index (χ1) is 10.7. The second kappa shape index (κ2) is 6.74. The Morgan fingerprint density at radius 3 is 3.14 bits per heavy atom. The molecule has 7 heteroatoms. The lowest BCUT2D eigenvalue weighted by atomic mass is 9.95. The lowest BCUT2D eigenvalue weighted by Gasteiger charge is -2.22. The van der Waals surface area contributed by atoms with Crippen molar-refractivity contribution in [1.29, 1.82) is 0 Å². The third-order valence-corrected chi connectivity index (χ3v) is 4.05. The Morgan fingerprint density at radius 2 is 2.36 bits per heavy atom. The van der Waals surface area contributed by atoms with Gasteiger partial charge in [-0.2, -0.15) is 4.98 Å². The van der Waals surface area contributed by atoms with Crippen molar-refractivity contribution < 1.29 is 9.66 Å². The number of nitro groups is 1. The Hall–Kier alpha value is -2.15. The molecular formula is C15H20N4O3. The molecule has 0 aliphatic carbocycles. The van der Waals surface area contributed by atoms with E-state index in [0.717, 1.165) is 31.8 Å². The van der Waals surface area contributed by atoms with Crippen molar-refractivity contribution >= 4 is 16.7 Å². The summed E-state index contributed by atoms with van der Waals surface area (Å²) in [6.45, 7) is 2.85. The molecule has 0 saturated carbocycles. The number of piperidine rings is 1. The van der Waals surface area contributed by atoms with Crippen molar-refractivity contribution in [1.82, 2.24) is 15.3 Å². The zero-order chi connectivity index (χ0) is 15.4. The Labute approximate surface area is 128 Å². The van der Waals surface area contributed by atoms with E-state index < -0.39 is 4.92 Å². The van der Waals surface area contributed by atoms with E-state index in [9.17, 15) is 10.1 Å². The normalized spacial score (nSPS) is 18.5. The molecule has 0 radical (unpaired) electrons. The van der Waals surface area contributed by atoms with Gasteiger partial charge >= 0.3 is 0 Å². The van der Waals surface area contributed by atoms with Gasteiger partial charge in [-0.3, -0.25) is 10.1 Å². The molecular weight excluding hydrogens is 284 g/mol. The molecule has 0 spiro atoms. The number of non-ortho nitro benzene ring substituents is 1. The molecule has 1 aliphatic heterocycles. The predicted octanol–water partition coefficient (Wildman–Crippen LogP) is 2.63. The van der Waals surface area contributed by atoms with Crippen LogP contribution in [0.25, 0.3) is 11.0 Å². The van der Waals surface area contributed by atoms with Crippen LogP contribution in [0.2, 0.25) is 0 Å². The average Bonchev–Trinajstić information content (AvgIpc) is 2.94. The summed E-state index contributed by atoms with van der Waals surface area (Å²) < 4.78 is 5.63. The van der Waals surface area contributed by atoms with Gasteiger partial charge in [0.05, 0.1) is 22.6 Å². The number of H-pyrrole nitrogens is 1. The summed E-state index contributed by atoms with van der Waals surface area (Å²) in [6, 6.07) is 4.98.